The molecule has 2 aliphatic rings. The van der Waals surface area contributed by atoms with E-state index in [0.717, 1.165) is 17.5 Å². The van der Waals surface area contributed by atoms with Gasteiger partial charge in [-0.2, -0.15) is 0 Å². The summed E-state index contributed by atoms with van der Waals surface area (Å²) >= 11 is 0. The first-order chi connectivity index (χ1) is 15.0. The van der Waals surface area contributed by atoms with Gasteiger partial charge in [-0.05, 0) is 58.2 Å². The van der Waals surface area contributed by atoms with Gasteiger partial charge in [0.2, 0.25) is 5.88 Å². The topological polar surface area (TPSA) is 85.8 Å². The summed E-state index contributed by atoms with van der Waals surface area (Å²) in [7, 11) is -2.18. The second-order valence-electron chi connectivity index (χ2n) is 9.58. The van der Waals surface area contributed by atoms with Gasteiger partial charge in [-0.3, -0.25) is 0 Å². The quantitative estimate of drug-likeness (QED) is 0.686. The average Bonchev–Trinajstić information content (AvgIpc) is 3.30. The number of aromatic nitrogens is 1. The number of methoxy groups -OCH3 is 1. The van der Waals surface area contributed by atoms with E-state index < -0.39 is 38.7 Å². The van der Waals surface area contributed by atoms with Gasteiger partial charge in [0, 0.05) is 24.2 Å². The van der Waals surface area contributed by atoms with Crippen LogP contribution >= 0.6 is 0 Å². The summed E-state index contributed by atoms with van der Waals surface area (Å²) < 4.78 is 38.6. The van der Waals surface area contributed by atoms with Crippen molar-refractivity contribution in [1.29, 1.82) is 0 Å². The number of sulfone groups is 1. The van der Waals surface area contributed by atoms with E-state index in [-0.39, 0.29) is 10.9 Å². The van der Waals surface area contributed by atoms with Crippen molar-refractivity contribution in [3.05, 3.63) is 53.7 Å². The number of carbonyl (C=O) groups is 1. The van der Waals surface area contributed by atoms with Crippen LogP contribution in [-0.2, 0) is 14.6 Å². The van der Waals surface area contributed by atoms with Crippen LogP contribution in [0.1, 0.15) is 50.7 Å². The van der Waals surface area contributed by atoms with Crippen molar-refractivity contribution in [2.45, 2.75) is 74.3 Å². The van der Waals surface area contributed by atoms with Gasteiger partial charge in [0.25, 0.3) is 0 Å². The highest BCUT2D eigenvalue weighted by atomic mass is 32.2. The zero-order chi connectivity index (χ0) is 23.3. The summed E-state index contributed by atoms with van der Waals surface area (Å²) in [5.74, 6) is 0.0600. The lowest BCUT2D eigenvalue weighted by Gasteiger charge is -2.28. The molecule has 2 aromatic rings. The van der Waals surface area contributed by atoms with Crippen LogP contribution in [0.25, 0.3) is 0 Å². The fourth-order valence-electron chi connectivity index (χ4n) is 4.99. The second-order valence-corrected chi connectivity index (χ2v) is 11.7. The molecule has 2 fully saturated rings. The molecule has 7 nitrogen and oxygen atoms in total. The molecule has 8 heteroatoms. The Bertz CT molecular complexity index is 1090. The van der Waals surface area contributed by atoms with E-state index in [1.165, 1.54) is 7.11 Å². The van der Waals surface area contributed by atoms with Crippen molar-refractivity contribution >= 4 is 15.9 Å². The lowest BCUT2D eigenvalue weighted by Crippen LogP contribution is -2.42. The van der Waals surface area contributed by atoms with E-state index in [0.29, 0.717) is 12.3 Å². The van der Waals surface area contributed by atoms with E-state index in [1.807, 2.05) is 33.8 Å². The number of nitrogens with zero attached hydrogens (tertiary/aromatic N) is 2. The summed E-state index contributed by atoms with van der Waals surface area (Å²) in [4.78, 5) is 19.4. The third-order valence-electron chi connectivity index (χ3n) is 6.29. The lowest BCUT2D eigenvalue weighted by molar-refractivity contribution is 0.0213. The Labute approximate surface area is 189 Å². The highest BCUT2D eigenvalue weighted by Crippen LogP contribution is 2.51. The maximum absolute atomic E-state index is 13.9. The zero-order valence-corrected chi connectivity index (χ0v) is 19.9. The average molecular weight is 459 g/mol. The molecule has 0 aliphatic carbocycles. The van der Waals surface area contributed by atoms with Crippen LogP contribution in [0.3, 0.4) is 0 Å². The maximum Gasteiger partial charge on any atom is 0.410 e. The molecule has 2 bridgehead atoms. The SMILES string of the molecule is COc1ccc([C@H]2[C@H](S(=O)(=O)c3ccc(C)cc3)[C@@H]3CC[C@H]2N3C(=O)OC(C)(C)C)cn1. The van der Waals surface area contributed by atoms with Gasteiger partial charge in [-0.25, -0.2) is 18.2 Å². The smallest absolute Gasteiger partial charge is 0.410 e. The van der Waals surface area contributed by atoms with Gasteiger partial charge in [-0.1, -0.05) is 23.8 Å². The molecule has 1 aromatic heterocycles. The number of pyridine rings is 1. The molecule has 1 amide bonds. The molecule has 4 rings (SSSR count). The van der Waals surface area contributed by atoms with Gasteiger partial charge in [-0.15, -0.1) is 0 Å². The zero-order valence-electron chi connectivity index (χ0n) is 19.1. The molecule has 0 spiro atoms. The minimum absolute atomic E-state index is 0.268. The largest absolute Gasteiger partial charge is 0.481 e. The predicted octanol–water partition coefficient (Wildman–Crippen LogP) is 4.11. The van der Waals surface area contributed by atoms with Crippen LogP contribution in [0.2, 0.25) is 0 Å². The number of ether oxygens (including phenoxy) is 2. The Hall–Kier alpha value is -2.61. The standard InChI is InChI=1S/C24H30N2O5S/c1-15-6-9-17(10-7-15)32(28,29)22-19-12-11-18(26(19)23(27)31-24(2,3)4)21(22)16-8-13-20(30-5)25-14-16/h6-10,13-14,18-19,21-22H,11-12H2,1-5H3/t18-,19+,21-,22-/m1/s1. The monoisotopic (exact) mass is 458 g/mol. The summed E-state index contributed by atoms with van der Waals surface area (Å²) in [6.45, 7) is 7.36. The molecule has 2 aliphatic heterocycles. The Morgan fingerprint density at radius 1 is 1.06 bits per heavy atom. The predicted molar refractivity (Wildman–Crippen MR) is 121 cm³/mol. The Balaban J connectivity index is 1.79. The second kappa shape index (κ2) is 8.06. The van der Waals surface area contributed by atoms with E-state index in [9.17, 15) is 13.2 Å². The highest BCUT2D eigenvalue weighted by Gasteiger charge is 2.61. The van der Waals surface area contributed by atoms with Crippen LogP contribution in [-0.4, -0.2) is 54.4 Å². The van der Waals surface area contributed by atoms with Crippen molar-refractivity contribution in [3.8, 4) is 5.88 Å². The van der Waals surface area contributed by atoms with Gasteiger partial charge >= 0.3 is 6.09 Å². The van der Waals surface area contributed by atoms with Crippen LogP contribution in [0, 0.1) is 6.92 Å². The molecule has 32 heavy (non-hydrogen) atoms. The fourth-order valence-corrected chi connectivity index (χ4v) is 7.23. The number of fused-ring (bicyclic) bond motifs is 2. The van der Waals surface area contributed by atoms with Crippen LogP contribution in [0.15, 0.2) is 47.5 Å². The van der Waals surface area contributed by atoms with Gasteiger partial charge < -0.3 is 14.4 Å². The number of rotatable bonds is 4. The summed E-state index contributed by atoms with van der Waals surface area (Å²) in [5, 5.41) is -0.772. The summed E-state index contributed by atoms with van der Waals surface area (Å²) in [6, 6.07) is 9.76. The third-order valence-corrected chi connectivity index (χ3v) is 8.54. The molecule has 0 radical (unpaired) electrons. The Morgan fingerprint density at radius 2 is 1.72 bits per heavy atom. The summed E-state index contributed by atoms with van der Waals surface area (Å²) in [6.07, 6.45) is 2.55. The van der Waals surface area contributed by atoms with Crippen molar-refractivity contribution < 1.29 is 22.7 Å². The molecule has 2 saturated heterocycles. The molecule has 4 atom stereocenters. The van der Waals surface area contributed by atoms with Gasteiger partial charge in [0.15, 0.2) is 9.84 Å². The third kappa shape index (κ3) is 3.96. The normalized spacial score (nSPS) is 25.1. The fraction of sp³-hybridized carbons (Fsp3) is 0.500. The molecule has 1 aromatic carbocycles. The van der Waals surface area contributed by atoms with Crippen molar-refractivity contribution in [1.82, 2.24) is 9.88 Å². The van der Waals surface area contributed by atoms with Gasteiger partial charge in [0.1, 0.15) is 5.60 Å². The van der Waals surface area contributed by atoms with Gasteiger partial charge in [0.05, 0.1) is 23.3 Å². The molecule has 172 valence electrons. The number of benzene rings is 1. The molecule has 0 N–H and O–H groups in total. The maximum atomic E-state index is 13.9. The molecular weight excluding hydrogens is 428 g/mol. The number of hydrogen-bond acceptors (Lipinski definition) is 6. The number of aryl methyl sites for hydroxylation is 1. The van der Waals surface area contributed by atoms with E-state index in [4.69, 9.17) is 9.47 Å². The lowest BCUT2D eigenvalue weighted by atomic mass is 9.84. The van der Waals surface area contributed by atoms with E-state index in [1.54, 1.807) is 41.4 Å². The first-order valence-electron chi connectivity index (χ1n) is 10.8. The van der Waals surface area contributed by atoms with Crippen LogP contribution in [0.5, 0.6) is 5.88 Å². The van der Waals surface area contributed by atoms with Crippen molar-refractivity contribution in [3.63, 3.8) is 0 Å². The molecule has 3 heterocycles. The molecular formula is C24H30N2O5S. The van der Waals surface area contributed by atoms with E-state index >= 15 is 0 Å². The van der Waals surface area contributed by atoms with Crippen molar-refractivity contribution in [2.24, 2.45) is 0 Å². The number of hydrogen-bond donors (Lipinski definition) is 0. The first kappa shape index (κ1) is 22.6. The summed E-state index contributed by atoms with van der Waals surface area (Å²) in [5.41, 5.74) is 1.11. The van der Waals surface area contributed by atoms with Crippen LogP contribution in [0.4, 0.5) is 4.79 Å². The highest BCUT2D eigenvalue weighted by molar-refractivity contribution is 7.92. The minimum Gasteiger partial charge on any atom is -0.481 e. The first-order valence-corrected chi connectivity index (χ1v) is 12.4. The van der Waals surface area contributed by atoms with Crippen LogP contribution < -0.4 is 4.74 Å². The molecule has 0 unspecified atom stereocenters. The van der Waals surface area contributed by atoms with Crippen molar-refractivity contribution in [2.75, 3.05) is 7.11 Å². The number of carbonyl (C=O) groups excluding carboxylic acids is 1. The Morgan fingerprint density at radius 3 is 2.28 bits per heavy atom. The Kier molecular flexibility index (Phi) is 5.69. The van der Waals surface area contributed by atoms with E-state index in [2.05, 4.69) is 4.98 Å². The molecule has 0 saturated carbocycles. The number of amides is 1. The minimum atomic E-state index is -3.72.